The molecule has 0 aliphatic rings. The number of carboxylic acid groups (broad SMARTS) is 1. The molecule has 1 aromatic carbocycles. The number of rotatable bonds is 6. The number of benzene rings is 1. The first-order chi connectivity index (χ1) is 9.32. The van der Waals surface area contributed by atoms with E-state index in [0.717, 1.165) is 12.0 Å². The molecule has 110 valence electrons. The van der Waals surface area contributed by atoms with Gasteiger partial charge < -0.3 is 20.8 Å². The highest BCUT2D eigenvalue weighted by molar-refractivity contribution is 5.89. The molecule has 6 nitrogen and oxygen atoms in total. The number of aliphatic hydroxyl groups is 1. The van der Waals surface area contributed by atoms with Crippen molar-refractivity contribution < 1.29 is 19.8 Å². The summed E-state index contributed by atoms with van der Waals surface area (Å²) >= 11 is 0. The number of aliphatic carboxylic acids is 1. The van der Waals surface area contributed by atoms with Crippen LogP contribution in [0.3, 0.4) is 0 Å². The third-order valence-electron chi connectivity index (χ3n) is 2.75. The second-order valence-corrected chi connectivity index (χ2v) is 4.93. The number of amides is 2. The topological polar surface area (TPSA) is 98.7 Å². The Balaban J connectivity index is 2.49. The molecule has 0 bridgehead atoms. The third-order valence-corrected chi connectivity index (χ3v) is 2.75. The molecule has 0 heterocycles. The lowest BCUT2D eigenvalue weighted by atomic mass is 10.0. The van der Waals surface area contributed by atoms with Gasteiger partial charge in [0.25, 0.3) is 0 Å². The summed E-state index contributed by atoms with van der Waals surface area (Å²) in [5.74, 6) is -1.12. The van der Waals surface area contributed by atoms with Gasteiger partial charge in [0.2, 0.25) is 0 Å². The summed E-state index contributed by atoms with van der Waals surface area (Å²) in [5.41, 5.74) is 0.273. The highest BCUT2D eigenvalue weighted by Gasteiger charge is 2.24. The number of urea groups is 1. The molecule has 1 rings (SSSR count). The van der Waals surface area contributed by atoms with Gasteiger partial charge in [-0.25, -0.2) is 4.79 Å². The average Bonchev–Trinajstić information content (AvgIpc) is 2.35. The van der Waals surface area contributed by atoms with Crippen LogP contribution in [0.4, 0.5) is 10.5 Å². The van der Waals surface area contributed by atoms with Crippen LogP contribution in [0.15, 0.2) is 24.3 Å². The first kappa shape index (κ1) is 16.0. The first-order valence-corrected chi connectivity index (χ1v) is 6.40. The van der Waals surface area contributed by atoms with Gasteiger partial charge in [0.15, 0.2) is 0 Å². The number of hydrogen-bond donors (Lipinski definition) is 4. The number of carbonyl (C=O) groups is 2. The van der Waals surface area contributed by atoms with Crippen LogP contribution in [0.1, 0.15) is 25.8 Å². The van der Waals surface area contributed by atoms with E-state index in [4.69, 9.17) is 5.11 Å². The van der Waals surface area contributed by atoms with Gasteiger partial charge in [0, 0.05) is 12.2 Å². The van der Waals surface area contributed by atoms with E-state index in [9.17, 15) is 14.7 Å². The van der Waals surface area contributed by atoms with E-state index < -0.39 is 24.0 Å². The molecular formula is C14H20N2O4. The highest BCUT2D eigenvalue weighted by Crippen LogP contribution is 2.11. The molecule has 1 atom stereocenters. The van der Waals surface area contributed by atoms with E-state index in [1.165, 1.54) is 6.92 Å². The minimum Gasteiger partial charge on any atom is -0.481 e. The molecule has 6 heteroatoms. The molecule has 0 radical (unpaired) electrons. The van der Waals surface area contributed by atoms with Crippen LogP contribution in [-0.4, -0.2) is 34.4 Å². The number of anilines is 1. The van der Waals surface area contributed by atoms with E-state index in [1.54, 1.807) is 6.07 Å². The average molecular weight is 280 g/mol. The lowest BCUT2D eigenvalue weighted by molar-refractivity contribution is -0.141. The third kappa shape index (κ3) is 5.71. The predicted octanol–water partition coefficient (Wildman–Crippen LogP) is 1.60. The van der Waals surface area contributed by atoms with Crippen molar-refractivity contribution in [3.63, 3.8) is 0 Å². The van der Waals surface area contributed by atoms with Gasteiger partial charge >= 0.3 is 12.0 Å². The summed E-state index contributed by atoms with van der Waals surface area (Å²) in [5, 5.41) is 23.5. The zero-order valence-electron chi connectivity index (χ0n) is 11.6. The predicted molar refractivity (Wildman–Crippen MR) is 75.7 cm³/mol. The summed E-state index contributed by atoms with van der Waals surface area (Å²) in [6.45, 7) is 3.24. The van der Waals surface area contributed by atoms with E-state index in [2.05, 4.69) is 10.6 Å². The molecular weight excluding hydrogens is 260 g/mol. The second-order valence-electron chi connectivity index (χ2n) is 4.93. The number of carboxylic acids is 1. The SMILES string of the molecule is CCc1cccc(NC(=O)NCC(C)(O)CC(=O)O)c1. The van der Waals surface area contributed by atoms with Crippen LogP contribution >= 0.6 is 0 Å². The molecule has 0 fully saturated rings. The van der Waals surface area contributed by atoms with Crippen molar-refractivity contribution in [2.24, 2.45) is 0 Å². The van der Waals surface area contributed by atoms with Crippen molar-refractivity contribution in [1.29, 1.82) is 0 Å². The van der Waals surface area contributed by atoms with Crippen molar-refractivity contribution in [2.45, 2.75) is 32.3 Å². The first-order valence-electron chi connectivity index (χ1n) is 6.40. The Bertz CT molecular complexity index is 486. The molecule has 0 saturated carbocycles. The van der Waals surface area contributed by atoms with Crippen LogP contribution in [0.2, 0.25) is 0 Å². The van der Waals surface area contributed by atoms with Crippen molar-refractivity contribution in [1.82, 2.24) is 5.32 Å². The smallest absolute Gasteiger partial charge is 0.319 e. The van der Waals surface area contributed by atoms with Gasteiger partial charge in [-0.15, -0.1) is 0 Å². The molecule has 0 saturated heterocycles. The maximum absolute atomic E-state index is 11.7. The summed E-state index contributed by atoms with van der Waals surface area (Å²) < 4.78 is 0. The Hall–Kier alpha value is -2.08. The highest BCUT2D eigenvalue weighted by atomic mass is 16.4. The van der Waals surface area contributed by atoms with Crippen LogP contribution in [0.25, 0.3) is 0 Å². The maximum Gasteiger partial charge on any atom is 0.319 e. The van der Waals surface area contributed by atoms with Crippen molar-refractivity contribution in [2.75, 3.05) is 11.9 Å². The lowest BCUT2D eigenvalue weighted by Gasteiger charge is -2.21. The van der Waals surface area contributed by atoms with Crippen LogP contribution in [-0.2, 0) is 11.2 Å². The lowest BCUT2D eigenvalue weighted by Crippen LogP contribution is -2.43. The fourth-order valence-corrected chi connectivity index (χ4v) is 1.70. The van der Waals surface area contributed by atoms with Crippen molar-refractivity contribution in [3.05, 3.63) is 29.8 Å². The molecule has 0 aliphatic heterocycles. The maximum atomic E-state index is 11.7. The van der Waals surface area contributed by atoms with Crippen LogP contribution in [0.5, 0.6) is 0 Å². The molecule has 0 aromatic heterocycles. The molecule has 1 aromatic rings. The Morgan fingerprint density at radius 3 is 2.65 bits per heavy atom. The summed E-state index contributed by atoms with van der Waals surface area (Å²) in [7, 11) is 0. The second kappa shape index (κ2) is 6.91. The molecule has 0 spiro atoms. The van der Waals surface area contributed by atoms with Gasteiger partial charge in [-0.2, -0.15) is 0 Å². The minimum absolute atomic E-state index is 0.140. The quantitative estimate of drug-likeness (QED) is 0.636. The Morgan fingerprint density at radius 2 is 2.05 bits per heavy atom. The van der Waals surface area contributed by atoms with Crippen molar-refractivity contribution >= 4 is 17.7 Å². The molecule has 2 amide bonds. The van der Waals surface area contributed by atoms with E-state index in [-0.39, 0.29) is 6.54 Å². The van der Waals surface area contributed by atoms with Gasteiger partial charge in [-0.3, -0.25) is 4.79 Å². The number of hydrogen-bond acceptors (Lipinski definition) is 3. The van der Waals surface area contributed by atoms with Crippen LogP contribution < -0.4 is 10.6 Å². The Kier molecular flexibility index (Phi) is 5.52. The van der Waals surface area contributed by atoms with Gasteiger partial charge in [0.1, 0.15) is 0 Å². The van der Waals surface area contributed by atoms with Gasteiger partial charge in [-0.05, 0) is 31.0 Å². The fraction of sp³-hybridized carbons (Fsp3) is 0.429. The van der Waals surface area contributed by atoms with Gasteiger partial charge in [0.05, 0.1) is 12.0 Å². The van der Waals surface area contributed by atoms with Crippen molar-refractivity contribution in [3.8, 4) is 0 Å². The van der Waals surface area contributed by atoms with E-state index >= 15 is 0 Å². The molecule has 4 N–H and O–H groups in total. The Labute approximate surface area is 117 Å². The largest absolute Gasteiger partial charge is 0.481 e. The minimum atomic E-state index is -1.48. The number of nitrogens with one attached hydrogen (secondary N) is 2. The zero-order valence-corrected chi connectivity index (χ0v) is 11.6. The molecule has 20 heavy (non-hydrogen) atoms. The number of aryl methyl sites for hydroxylation is 1. The summed E-state index contributed by atoms with van der Waals surface area (Å²) in [6.07, 6.45) is 0.434. The normalized spacial score (nSPS) is 13.3. The summed E-state index contributed by atoms with van der Waals surface area (Å²) in [6, 6.07) is 6.93. The molecule has 0 aliphatic carbocycles. The molecule has 1 unspecified atom stereocenters. The summed E-state index contributed by atoms with van der Waals surface area (Å²) in [4.78, 5) is 22.2. The zero-order chi connectivity index (χ0) is 15.2. The van der Waals surface area contributed by atoms with Gasteiger partial charge in [-0.1, -0.05) is 19.1 Å². The monoisotopic (exact) mass is 280 g/mol. The standard InChI is InChI=1S/C14H20N2O4/c1-3-10-5-4-6-11(7-10)16-13(19)15-9-14(2,20)8-12(17)18/h4-7,20H,3,8-9H2,1-2H3,(H,17,18)(H2,15,16,19). The number of carbonyl (C=O) groups excluding carboxylic acids is 1. The Morgan fingerprint density at radius 1 is 1.35 bits per heavy atom. The van der Waals surface area contributed by atoms with E-state index in [1.807, 2.05) is 25.1 Å². The van der Waals surface area contributed by atoms with Crippen LogP contribution in [0, 0.1) is 0 Å². The fourth-order valence-electron chi connectivity index (χ4n) is 1.70. The van der Waals surface area contributed by atoms with E-state index in [0.29, 0.717) is 5.69 Å².